The summed E-state index contributed by atoms with van der Waals surface area (Å²) in [6, 6.07) is 19.2. The second-order valence-electron chi connectivity index (χ2n) is 4.79. The molecule has 0 aromatic heterocycles. The number of carbonyl (C=O) groups is 1. The Morgan fingerprint density at radius 3 is 2.26 bits per heavy atom. The molecule has 2 heteroatoms. The van der Waals surface area contributed by atoms with E-state index in [0.29, 0.717) is 0 Å². The van der Waals surface area contributed by atoms with Gasteiger partial charge in [-0.05, 0) is 36.5 Å². The number of amides is 1. The van der Waals surface area contributed by atoms with E-state index in [1.165, 1.54) is 16.7 Å². The molecule has 0 fully saturated rings. The molecule has 2 aromatic rings. The van der Waals surface area contributed by atoms with Gasteiger partial charge in [-0.25, -0.2) is 0 Å². The standard InChI is InChI=1S/C17H19NO/c1-14(18-13-19)7-8-15-9-11-17(12-10-15)16-5-3-2-4-6-16/h2-6,9-14H,7-8H2,1H3,(H,18,19)/t14-/m0/s1. The van der Waals surface area contributed by atoms with Gasteiger partial charge in [0.15, 0.2) is 0 Å². The Morgan fingerprint density at radius 2 is 1.63 bits per heavy atom. The molecule has 1 amide bonds. The van der Waals surface area contributed by atoms with E-state index in [4.69, 9.17) is 0 Å². The molecule has 2 aromatic carbocycles. The van der Waals surface area contributed by atoms with Crippen molar-refractivity contribution in [1.29, 1.82) is 0 Å². The van der Waals surface area contributed by atoms with Crippen molar-refractivity contribution in [3.05, 3.63) is 60.2 Å². The average Bonchev–Trinajstić information content (AvgIpc) is 2.47. The van der Waals surface area contributed by atoms with Gasteiger partial charge in [-0.3, -0.25) is 4.79 Å². The van der Waals surface area contributed by atoms with Crippen LogP contribution < -0.4 is 5.32 Å². The highest BCUT2D eigenvalue weighted by Gasteiger charge is 2.01. The van der Waals surface area contributed by atoms with Gasteiger partial charge < -0.3 is 5.32 Å². The summed E-state index contributed by atoms with van der Waals surface area (Å²) < 4.78 is 0. The fourth-order valence-corrected chi connectivity index (χ4v) is 2.08. The summed E-state index contributed by atoms with van der Waals surface area (Å²) in [5.41, 5.74) is 3.78. The number of benzene rings is 2. The van der Waals surface area contributed by atoms with E-state index < -0.39 is 0 Å². The zero-order valence-corrected chi connectivity index (χ0v) is 11.2. The molecule has 0 unspecified atom stereocenters. The first-order valence-corrected chi connectivity index (χ1v) is 6.63. The van der Waals surface area contributed by atoms with E-state index in [2.05, 4.69) is 53.8 Å². The van der Waals surface area contributed by atoms with Crippen LogP contribution in [0.5, 0.6) is 0 Å². The first kappa shape index (κ1) is 13.3. The lowest BCUT2D eigenvalue weighted by atomic mass is 10.0. The molecule has 2 rings (SSSR count). The van der Waals surface area contributed by atoms with Crippen LogP contribution in [-0.4, -0.2) is 12.5 Å². The minimum atomic E-state index is 0.228. The summed E-state index contributed by atoms with van der Waals surface area (Å²) in [5, 5.41) is 2.77. The summed E-state index contributed by atoms with van der Waals surface area (Å²) in [7, 11) is 0. The second-order valence-corrected chi connectivity index (χ2v) is 4.79. The first-order chi connectivity index (χ1) is 9.29. The summed E-state index contributed by atoms with van der Waals surface area (Å²) in [6.07, 6.45) is 2.71. The lowest BCUT2D eigenvalue weighted by Crippen LogP contribution is -2.24. The van der Waals surface area contributed by atoms with E-state index in [0.717, 1.165) is 19.3 Å². The van der Waals surface area contributed by atoms with Crippen molar-refractivity contribution in [3.8, 4) is 11.1 Å². The molecule has 98 valence electrons. The third kappa shape index (κ3) is 3.95. The van der Waals surface area contributed by atoms with Gasteiger partial charge in [0.1, 0.15) is 0 Å². The second kappa shape index (κ2) is 6.74. The number of carbonyl (C=O) groups excluding carboxylic acids is 1. The third-order valence-electron chi connectivity index (χ3n) is 3.28. The van der Waals surface area contributed by atoms with Gasteiger partial charge in [0, 0.05) is 6.04 Å². The summed E-state index contributed by atoms with van der Waals surface area (Å²) in [5.74, 6) is 0. The molecule has 0 aliphatic rings. The number of rotatable bonds is 6. The largest absolute Gasteiger partial charge is 0.356 e. The van der Waals surface area contributed by atoms with E-state index in [9.17, 15) is 4.79 Å². The number of aryl methyl sites for hydroxylation is 1. The lowest BCUT2D eigenvalue weighted by Gasteiger charge is -2.10. The van der Waals surface area contributed by atoms with Crippen LogP contribution in [0.15, 0.2) is 54.6 Å². The van der Waals surface area contributed by atoms with E-state index in [1.807, 2.05) is 13.0 Å². The lowest BCUT2D eigenvalue weighted by molar-refractivity contribution is -0.110. The molecule has 1 atom stereocenters. The molecule has 0 radical (unpaired) electrons. The van der Waals surface area contributed by atoms with Crippen LogP contribution in [0.1, 0.15) is 18.9 Å². The Bertz CT molecular complexity index is 505. The van der Waals surface area contributed by atoms with Crippen LogP contribution in [-0.2, 0) is 11.2 Å². The maximum absolute atomic E-state index is 10.3. The summed E-state index contributed by atoms with van der Waals surface area (Å²) in [6.45, 7) is 2.02. The molecule has 1 N–H and O–H groups in total. The minimum Gasteiger partial charge on any atom is -0.356 e. The van der Waals surface area contributed by atoms with Crippen molar-refractivity contribution in [2.45, 2.75) is 25.8 Å². The Hall–Kier alpha value is -2.09. The fourth-order valence-electron chi connectivity index (χ4n) is 2.08. The molecule has 0 bridgehead atoms. The summed E-state index contributed by atoms with van der Waals surface area (Å²) in [4.78, 5) is 10.3. The first-order valence-electron chi connectivity index (χ1n) is 6.63. The van der Waals surface area contributed by atoms with Gasteiger partial charge >= 0.3 is 0 Å². The monoisotopic (exact) mass is 253 g/mol. The molecule has 0 spiro atoms. The summed E-state index contributed by atoms with van der Waals surface area (Å²) >= 11 is 0. The van der Waals surface area contributed by atoms with Crippen molar-refractivity contribution in [1.82, 2.24) is 5.32 Å². The Kier molecular flexibility index (Phi) is 4.73. The van der Waals surface area contributed by atoms with E-state index in [-0.39, 0.29) is 6.04 Å². The van der Waals surface area contributed by atoms with Crippen LogP contribution in [0, 0.1) is 0 Å². The molecule has 0 saturated heterocycles. The van der Waals surface area contributed by atoms with Gasteiger partial charge in [0.05, 0.1) is 0 Å². The van der Waals surface area contributed by atoms with Crippen LogP contribution in [0.2, 0.25) is 0 Å². The van der Waals surface area contributed by atoms with Gasteiger partial charge in [0.2, 0.25) is 6.41 Å². The van der Waals surface area contributed by atoms with Crippen LogP contribution in [0.3, 0.4) is 0 Å². The predicted octanol–water partition coefficient (Wildman–Crippen LogP) is 3.42. The molecule has 0 heterocycles. The Morgan fingerprint density at radius 1 is 1.00 bits per heavy atom. The van der Waals surface area contributed by atoms with Crippen LogP contribution in [0.25, 0.3) is 11.1 Å². The van der Waals surface area contributed by atoms with Crippen molar-refractivity contribution in [3.63, 3.8) is 0 Å². The normalized spacial score (nSPS) is 11.8. The maximum Gasteiger partial charge on any atom is 0.207 e. The Labute approximate surface area is 114 Å². The maximum atomic E-state index is 10.3. The van der Waals surface area contributed by atoms with Crippen LogP contribution >= 0.6 is 0 Å². The van der Waals surface area contributed by atoms with Crippen molar-refractivity contribution in [2.75, 3.05) is 0 Å². The molecule has 2 nitrogen and oxygen atoms in total. The number of hydrogen-bond donors (Lipinski definition) is 1. The van der Waals surface area contributed by atoms with Gasteiger partial charge in [-0.1, -0.05) is 54.6 Å². The molecular formula is C17H19NO. The smallest absolute Gasteiger partial charge is 0.207 e. The predicted molar refractivity (Wildman–Crippen MR) is 78.9 cm³/mol. The van der Waals surface area contributed by atoms with Gasteiger partial charge in [0.25, 0.3) is 0 Å². The van der Waals surface area contributed by atoms with Gasteiger partial charge in [-0.2, -0.15) is 0 Å². The van der Waals surface area contributed by atoms with E-state index >= 15 is 0 Å². The Balaban J connectivity index is 1.97. The molecular weight excluding hydrogens is 234 g/mol. The zero-order chi connectivity index (χ0) is 13.5. The molecule has 19 heavy (non-hydrogen) atoms. The molecule has 0 saturated carbocycles. The van der Waals surface area contributed by atoms with Crippen LogP contribution in [0.4, 0.5) is 0 Å². The molecule has 0 aliphatic carbocycles. The SMILES string of the molecule is C[C@@H](CCc1ccc(-c2ccccc2)cc1)NC=O. The molecule has 0 aliphatic heterocycles. The van der Waals surface area contributed by atoms with Crippen molar-refractivity contribution < 1.29 is 4.79 Å². The third-order valence-corrected chi connectivity index (χ3v) is 3.28. The highest BCUT2D eigenvalue weighted by Crippen LogP contribution is 2.19. The zero-order valence-electron chi connectivity index (χ0n) is 11.2. The van der Waals surface area contributed by atoms with Crippen molar-refractivity contribution >= 4 is 6.41 Å². The highest BCUT2D eigenvalue weighted by atomic mass is 16.1. The fraction of sp³-hybridized carbons (Fsp3) is 0.235. The quantitative estimate of drug-likeness (QED) is 0.785. The highest BCUT2D eigenvalue weighted by molar-refractivity contribution is 5.63. The topological polar surface area (TPSA) is 29.1 Å². The van der Waals surface area contributed by atoms with Crippen molar-refractivity contribution in [2.24, 2.45) is 0 Å². The number of nitrogens with one attached hydrogen (secondary N) is 1. The minimum absolute atomic E-state index is 0.228. The number of hydrogen-bond acceptors (Lipinski definition) is 1. The van der Waals surface area contributed by atoms with E-state index in [1.54, 1.807) is 0 Å². The average molecular weight is 253 g/mol. The van der Waals surface area contributed by atoms with Gasteiger partial charge in [-0.15, -0.1) is 0 Å².